The van der Waals surface area contributed by atoms with Crippen molar-refractivity contribution in [1.29, 1.82) is 0 Å². The van der Waals surface area contributed by atoms with Gasteiger partial charge in [-0.3, -0.25) is 14.4 Å². The van der Waals surface area contributed by atoms with Crippen LogP contribution in [-0.4, -0.2) is 77.4 Å². The van der Waals surface area contributed by atoms with E-state index in [2.05, 4.69) is 4.90 Å². The standard InChI is InChI=1S/C27H31FN4O3/c28-22-9-7-8-21(18-22)25(34)30-16-12-27(13-17-30)26(35)31(19-24(33)29-14-5-2-6-15-29)20-32(27)23-10-3-1-4-11-23/h1,3-4,7-11,18H,2,5-6,12-17,19-20H2. The highest BCUT2D eigenvalue weighted by Gasteiger charge is 2.54. The van der Waals surface area contributed by atoms with Gasteiger partial charge in [-0.05, 0) is 62.4 Å². The Balaban J connectivity index is 1.35. The number of likely N-dealkylation sites (tertiary alicyclic amines) is 2. The van der Waals surface area contributed by atoms with Crippen LogP contribution >= 0.6 is 0 Å². The average Bonchev–Trinajstić information content (AvgIpc) is 3.16. The van der Waals surface area contributed by atoms with E-state index in [9.17, 15) is 18.8 Å². The Morgan fingerprint density at radius 1 is 0.857 bits per heavy atom. The molecule has 35 heavy (non-hydrogen) atoms. The summed E-state index contributed by atoms with van der Waals surface area (Å²) in [6, 6.07) is 15.5. The molecular formula is C27H31FN4O3. The van der Waals surface area contributed by atoms with Crippen molar-refractivity contribution in [3.63, 3.8) is 0 Å². The fourth-order valence-corrected chi connectivity index (χ4v) is 5.61. The summed E-state index contributed by atoms with van der Waals surface area (Å²) in [6.07, 6.45) is 4.07. The number of halogens is 1. The minimum atomic E-state index is -0.803. The number of carbonyl (C=O) groups is 3. The molecule has 3 heterocycles. The normalized spacial score (nSPS) is 20.0. The van der Waals surface area contributed by atoms with Crippen molar-refractivity contribution in [3.8, 4) is 0 Å². The molecule has 3 fully saturated rings. The van der Waals surface area contributed by atoms with E-state index in [1.807, 2.05) is 35.2 Å². The number of nitrogens with zero attached hydrogens (tertiary/aromatic N) is 4. The van der Waals surface area contributed by atoms with Crippen molar-refractivity contribution in [2.24, 2.45) is 0 Å². The lowest BCUT2D eigenvalue weighted by Crippen LogP contribution is -2.57. The smallest absolute Gasteiger partial charge is 0.253 e. The summed E-state index contributed by atoms with van der Waals surface area (Å²) in [5.74, 6) is -0.723. The second-order valence-corrected chi connectivity index (χ2v) is 9.68. The van der Waals surface area contributed by atoms with Gasteiger partial charge in [0.2, 0.25) is 5.91 Å². The molecule has 7 nitrogen and oxygen atoms in total. The van der Waals surface area contributed by atoms with E-state index in [4.69, 9.17) is 0 Å². The molecule has 3 aliphatic rings. The number of anilines is 1. The van der Waals surface area contributed by atoms with Crippen molar-refractivity contribution in [3.05, 3.63) is 66.0 Å². The van der Waals surface area contributed by atoms with Crippen LogP contribution in [0.4, 0.5) is 10.1 Å². The highest BCUT2D eigenvalue weighted by molar-refractivity contribution is 5.97. The summed E-state index contributed by atoms with van der Waals surface area (Å²) >= 11 is 0. The Hall–Kier alpha value is -3.42. The number of hydrogen-bond acceptors (Lipinski definition) is 4. The van der Waals surface area contributed by atoms with Crippen LogP contribution in [0, 0.1) is 5.82 Å². The molecule has 0 aromatic heterocycles. The predicted molar refractivity (Wildman–Crippen MR) is 130 cm³/mol. The Morgan fingerprint density at radius 2 is 1.57 bits per heavy atom. The van der Waals surface area contributed by atoms with Crippen LogP contribution in [-0.2, 0) is 9.59 Å². The largest absolute Gasteiger partial charge is 0.341 e. The van der Waals surface area contributed by atoms with Crippen molar-refractivity contribution in [1.82, 2.24) is 14.7 Å². The van der Waals surface area contributed by atoms with Crippen LogP contribution in [0.2, 0.25) is 0 Å². The zero-order chi connectivity index (χ0) is 24.4. The molecule has 0 N–H and O–H groups in total. The van der Waals surface area contributed by atoms with Crippen LogP contribution in [0.25, 0.3) is 0 Å². The van der Waals surface area contributed by atoms with Gasteiger partial charge in [-0.25, -0.2) is 4.39 Å². The maximum Gasteiger partial charge on any atom is 0.253 e. The molecule has 5 rings (SSSR count). The Kier molecular flexibility index (Phi) is 6.45. The number of para-hydroxylation sites is 1. The van der Waals surface area contributed by atoms with Gasteiger partial charge in [0.25, 0.3) is 11.8 Å². The van der Waals surface area contributed by atoms with E-state index in [1.165, 1.54) is 18.2 Å². The average molecular weight is 479 g/mol. The summed E-state index contributed by atoms with van der Waals surface area (Å²) in [7, 11) is 0. The van der Waals surface area contributed by atoms with Gasteiger partial charge in [0.15, 0.2) is 0 Å². The molecule has 8 heteroatoms. The molecule has 0 aliphatic carbocycles. The summed E-state index contributed by atoms with van der Waals surface area (Å²) in [4.78, 5) is 47.1. The van der Waals surface area contributed by atoms with Crippen LogP contribution in [0.3, 0.4) is 0 Å². The maximum atomic E-state index is 13.8. The highest BCUT2D eigenvalue weighted by Crippen LogP contribution is 2.39. The molecule has 0 radical (unpaired) electrons. The van der Waals surface area contributed by atoms with Gasteiger partial charge in [-0.2, -0.15) is 0 Å². The highest BCUT2D eigenvalue weighted by atomic mass is 19.1. The van der Waals surface area contributed by atoms with Crippen LogP contribution < -0.4 is 4.90 Å². The third kappa shape index (κ3) is 4.49. The lowest BCUT2D eigenvalue weighted by atomic mass is 9.85. The molecule has 0 unspecified atom stereocenters. The fraction of sp³-hybridized carbons (Fsp3) is 0.444. The SMILES string of the molecule is O=C(CN1CN(c2ccccc2)C2(CCN(C(=O)c3cccc(F)c3)CC2)C1=O)N1CCCCC1. The number of carbonyl (C=O) groups excluding carboxylic acids is 3. The predicted octanol–water partition coefficient (Wildman–Crippen LogP) is 3.12. The second-order valence-electron chi connectivity index (χ2n) is 9.68. The van der Waals surface area contributed by atoms with Gasteiger partial charge < -0.3 is 19.6 Å². The van der Waals surface area contributed by atoms with Crippen molar-refractivity contribution >= 4 is 23.4 Å². The number of piperidine rings is 2. The van der Waals surface area contributed by atoms with Crippen molar-refractivity contribution < 1.29 is 18.8 Å². The first-order valence-electron chi connectivity index (χ1n) is 12.4. The minimum absolute atomic E-state index is 0.00169. The number of rotatable bonds is 4. The van der Waals surface area contributed by atoms with Gasteiger partial charge in [-0.15, -0.1) is 0 Å². The molecule has 3 saturated heterocycles. The molecule has 3 amide bonds. The molecule has 0 atom stereocenters. The van der Waals surface area contributed by atoms with Gasteiger partial charge in [0, 0.05) is 37.4 Å². The number of amides is 3. The quantitative estimate of drug-likeness (QED) is 0.678. The van der Waals surface area contributed by atoms with E-state index in [0.717, 1.165) is 38.0 Å². The number of benzene rings is 2. The van der Waals surface area contributed by atoms with Crippen LogP contribution in [0.1, 0.15) is 42.5 Å². The Labute approximate surface area is 205 Å². The third-order valence-corrected chi connectivity index (χ3v) is 7.57. The summed E-state index contributed by atoms with van der Waals surface area (Å²) < 4.78 is 13.6. The first-order valence-corrected chi connectivity index (χ1v) is 12.4. The Morgan fingerprint density at radius 3 is 2.26 bits per heavy atom. The summed E-state index contributed by atoms with van der Waals surface area (Å²) in [5, 5.41) is 0. The van der Waals surface area contributed by atoms with Gasteiger partial charge in [0.1, 0.15) is 17.9 Å². The van der Waals surface area contributed by atoms with Crippen LogP contribution in [0.15, 0.2) is 54.6 Å². The summed E-state index contributed by atoms with van der Waals surface area (Å²) in [6.45, 7) is 2.71. The molecule has 0 saturated carbocycles. The maximum absolute atomic E-state index is 13.8. The van der Waals surface area contributed by atoms with Gasteiger partial charge in [0.05, 0.1) is 6.67 Å². The molecule has 2 aromatic rings. The molecule has 0 bridgehead atoms. The summed E-state index contributed by atoms with van der Waals surface area (Å²) in [5.41, 5.74) is 0.438. The van der Waals surface area contributed by atoms with E-state index in [-0.39, 0.29) is 24.3 Å². The van der Waals surface area contributed by atoms with E-state index >= 15 is 0 Å². The lowest BCUT2D eigenvalue weighted by molar-refractivity contribution is -0.141. The van der Waals surface area contributed by atoms with E-state index in [1.54, 1.807) is 15.9 Å². The van der Waals surface area contributed by atoms with Crippen molar-refractivity contribution in [2.75, 3.05) is 44.3 Å². The molecular weight excluding hydrogens is 447 g/mol. The lowest BCUT2D eigenvalue weighted by Gasteiger charge is -2.43. The van der Waals surface area contributed by atoms with Crippen molar-refractivity contribution in [2.45, 2.75) is 37.6 Å². The number of hydrogen-bond donors (Lipinski definition) is 0. The topological polar surface area (TPSA) is 64.2 Å². The molecule has 3 aliphatic heterocycles. The van der Waals surface area contributed by atoms with Gasteiger partial charge >= 0.3 is 0 Å². The zero-order valence-corrected chi connectivity index (χ0v) is 19.9. The fourth-order valence-electron chi connectivity index (χ4n) is 5.61. The zero-order valence-electron chi connectivity index (χ0n) is 19.9. The minimum Gasteiger partial charge on any atom is -0.341 e. The molecule has 184 valence electrons. The second kappa shape index (κ2) is 9.68. The monoisotopic (exact) mass is 478 g/mol. The van der Waals surface area contributed by atoms with Crippen LogP contribution in [0.5, 0.6) is 0 Å². The first kappa shape index (κ1) is 23.3. The van der Waals surface area contributed by atoms with Gasteiger partial charge in [-0.1, -0.05) is 24.3 Å². The third-order valence-electron chi connectivity index (χ3n) is 7.57. The van der Waals surface area contributed by atoms with E-state index < -0.39 is 11.4 Å². The Bertz CT molecular complexity index is 1090. The molecule has 2 aromatic carbocycles. The first-order chi connectivity index (χ1) is 17.0. The van der Waals surface area contributed by atoms with E-state index in [0.29, 0.717) is 38.2 Å². The molecule has 1 spiro atoms.